The Kier molecular flexibility index (Phi) is 5.64. The molecular weight excluding hydrogens is 236 g/mol. The zero-order chi connectivity index (χ0) is 13.5. The molecule has 0 aromatic carbocycles. The lowest BCUT2D eigenvalue weighted by Gasteiger charge is -2.26. The van der Waals surface area contributed by atoms with E-state index in [2.05, 4.69) is 30.2 Å². The third kappa shape index (κ3) is 4.83. The van der Waals surface area contributed by atoms with Crippen LogP contribution >= 0.6 is 0 Å². The second-order valence-electron chi connectivity index (χ2n) is 5.67. The molecule has 0 radical (unpaired) electrons. The second-order valence-corrected chi connectivity index (χ2v) is 5.67. The van der Waals surface area contributed by atoms with Crippen molar-refractivity contribution in [3.05, 3.63) is 24.0 Å². The van der Waals surface area contributed by atoms with Gasteiger partial charge < -0.3 is 10.1 Å². The molecule has 0 spiro atoms. The second kappa shape index (κ2) is 7.49. The summed E-state index contributed by atoms with van der Waals surface area (Å²) in [5.41, 5.74) is 2.17. The molecule has 2 unspecified atom stereocenters. The van der Waals surface area contributed by atoms with Crippen LogP contribution in [-0.4, -0.2) is 17.6 Å². The van der Waals surface area contributed by atoms with Gasteiger partial charge in [0.1, 0.15) is 0 Å². The number of nitrogens with zero attached hydrogens (tertiary/aromatic N) is 1. The standard InChI is InChI=1S/C16H26N2O/c1-3-8-17-14-7-9-18-15(11-14)12-19-16-6-4-5-13(2)10-16/h7,9,11,13,16H,3-6,8,10,12H2,1-2H3,(H,17,18). The van der Waals surface area contributed by atoms with E-state index >= 15 is 0 Å². The number of ether oxygens (including phenoxy) is 1. The van der Waals surface area contributed by atoms with Crippen LogP contribution in [0.5, 0.6) is 0 Å². The zero-order valence-electron chi connectivity index (χ0n) is 12.2. The molecule has 1 saturated carbocycles. The van der Waals surface area contributed by atoms with Crippen LogP contribution in [0.25, 0.3) is 0 Å². The largest absolute Gasteiger partial charge is 0.385 e. The number of aromatic nitrogens is 1. The Morgan fingerprint density at radius 2 is 2.32 bits per heavy atom. The van der Waals surface area contributed by atoms with E-state index in [1.165, 1.54) is 25.7 Å². The minimum absolute atomic E-state index is 0.429. The highest BCUT2D eigenvalue weighted by Gasteiger charge is 2.19. The van der Waals surface area contributed by atoms with Crippen molar-refractivity contribution < 1.29 is 4.74 Å². The average Bonchev–Trinajstić information content (AvgIpc) is 2.43. The average molecular weight is 262 g/mol. The Morgan fingerprint density at radius 1 is 1.42 bits per heavy atom. The van der Waals surface area contributed by atoms with Gasteiger partial charge >= 0.3 is 0 Å². The molecule has 2 atom stereocenters. The maximum Gasteiger partial charge on any atom is 0.0892 e. The molecule has 1 N–H and O–H groups in total. The Hall–Kier alpha value is -1.09. The van der Waals surface area contributed by atoms with Gasteiger partial charge in [0, 0.05) is 18.4 Å². The molecule has 1 aromatic rings. The van der Waals surface area contributed by atoms with Gasteiger partial charge in [-0.25, -0.2) is 0 Å². The minimum atomic E-state index is 0.429. The zero-order valence-corrected chi connectivity index (χ0v) is 12.2. The van der Waals surface area contributed by atoms with Crippen molar-refractivity contribution in [1.29, 1.82) is 0 Å². The fourth-order valence-electron chi connectivity index (χ4n) is 2.67. The van der Waals surface area contributed by atoms with Crippen molar-refractivity contribution in [2.24, 2.45) is 5.92 Å². The van der Waals surface area contributed by atoms with Gasteiger partial charge in [-0.1, -0.05) is 26.7 Å². The summed E-state index contributed by atoms with van der Waals surface area (Å²) in [5, 5.41) is 3.38. The minimum Gasteiger partial charge on any atom is -0.385 e. The van der Waals surface area contributed by atoms with Gasteiger partial charge in [-0.2, -0.15) is 0 Å². The van der Waals surface area contributed by atoms with E-state index in [1.54, 1.807) is 0 Å². The van der Waals surface area contributed by atoms with E-state index < -0.39 is 0 Å². The first-order chi connectivity index (χ1) is 9.28. The van der Waals surface area contributed by atoms with Crippen molar-refractivity contribution in [2.45, 2.75) is 58.7 Å². The van der Waals surface area contributed by atoms with E-state index in [0.29, 0.717) is 12.7 Å². The first-order valence-corrected chi connectivity index (χ1v) is 7.58. The first-order valence-electron chi connectivity index (χ1n) is 7.58. The highest BCUT2D eigenvalue weighted by molar-refractivity contribution is 5.42. The van der Waals surface area contributed by atoms with E-state index in [4.69, 9.17) is 4.74 Å². The molecule has 2 rings (SSSR count). The van der Waals surface area contributed by atoms with Crippen LogP contribution in [0.1, 0.15) is 51.6 Å². The molecule has 1 heterocycles. The quantitative estimate of drug-likeness (QED) is 0.841. The van der Waals surface area contributed by atoms with Crippen LogP contribution < -0.4 is 5.32 Å². The fourth-order valence-corrected chi connectivity index (χ4v) is 2.67. The van der Waals surface area contributed by atoms with Crippen LogP contribution in [0.15, 0.2) is 18.3 Å². The molecule has 3 nitrogen and oxygen atoms in total. The lowest BCUT2D eigenvalue weighted by atomic mass is 9.89. The SMILES string of the molecule is CCCNc1ccnc(COC2CCCC(C)C2)c1. The molecule has 1 aliphatic rings. The summed E-state index contributed by atoms with van der Waals surface area (Å²) in [7, 11) is 0. The van der Waals surface area contributed by atoms with E-state index in [9.17, 15) is 0 Å². The van der Waals surface area contributed by atoms with Crippen molar-refractivity contribution in [3.8, 4) is 0 Å². The van der Waals surface area contributed by atoms with Gasteiger partial charge in [-0.3, -0.25) is 4.98 Å². The Morgan fingerprint density at radius 3 is 3.11 bits per heavy atom. The molecule has 3 heteroatoms. The van der Waals surface area contributed by atoms with Gasteiger partial charge in [0.25, 0.3) is 0 Å². The predicted molar refractivity (Wildman–Crippen MR) is 79.2 cm³/mol. The monoisotopic (exact) mass is 262 g/mol. The van der Waals surface area contributed by atoms with Crippen molar-refractivity contribution in [1.82, 2.24) is 4.98 Å². The number of pyridine rings is 1. The molecule has 1 aromatic heterocycles. The van der Waals surface area contributed by atoms with Crippen LogP contribution in [-0.2, 0) is 11.3 Å². The lowest BCUT2D eigenvalue weighted by molar-refractivity contribution is 0.00323. The molecule has 19 heavy (non-hydrogen) atoms. The van der Waals surface area contributed by atoms with E-state index in [-0.39, 0.29) is 0 Å². The summed E-state index contributed by atoms with van der Waals surface area (Å²) in [6, 6.07) is 4.11. The third-order valence-electron chi connectivity index (χ3n) is 3.75. The first kappa shape index (κ1) is 14.3. The van der Waals surface area contributed by atoms with Gasteiger partial charge in [-0.05, 0) is 37.3 Å². The molecule has 1 fully saturated rings. The molecule has 0 bridgehead atoms. The van der Waals surface area contributed by atoms with Crippen molar-refractivity contribution in [3.63, 3.8) is 0 Å². The summed E-state index contributed by atoms with van der Waals surface area (Å²) in [5.74, 6) is 0.810. The molecular formula is C16H26N2O. The molecule has 106 valence electrons. The van der Waals surface area contributed by atoms with Gasteiger partial charge in [0.05, 0.1) is 18.4 Å². The Balaban J connectivity index is 1.81. The van der Waals surface area contributed by atoms with Crippen molar-refractivity contribution >= 4 is 5.69 Å². The fraction of sp³-hybridized carbons (Fsp3) is 0.688. The summed E-state index contributed by atoms with van der Waals surface area (Å²) in [6.45, 7) is 6.13. The van der Waals surface area contributed by atoms with E-state index in [1.807, 2.05) is 12.3 Å². The lowest BCUT2D eigenvalue weighted by Crippen LogP contribution is -2.21. The van der Waals surface area contributed by atoms with Crippen LogP contribution in [0.2, 0.25) is 0 Å². The number of nitrogens with one attached hydrogen (secondary N) is 1. The molecule has 0 saturated heterocycles. The van der Waals surface area contributed by atoms with Crippen LogP contribution in [0.4, 0.5) is 5.69 Å². The summed E-state index contributed by atoms with van der Waals surface area (Å²) in [6.07, 6.45) is 8.49. The van der Waals surface area contributed by atoms with Gasteiger partial charge in [-0.15, -0.1) is 0 Å². The summed E-state index contributed by atoms with van der Waals surface area (Å²) in [4.78, 5) is 4.39. The van der Waals surface area contributed by atoms with Gasteiger partial charge in [0.2, 0.25) is 0 Å². The molecule has 0 aliphatic heterocycles. The highest BCUT2D eigenvalue weighted by Crippen LogP contribution is 2.26. The number of anilines is 1. The topological polar surface area (TPSA) is 34.2 Å². The number of hydrogen-bond acceptors (Lipinski definition) is 3. The van der Waals surface area contributed by atoms with Crippen LogP contribution in [0.3, 0.4) is 0 Å². The van der Waals surface area contributed by atoms with Gasteiger partial charge in [0.15, 0.2) is 0 Å². The maximum atomic E-state index is 6.01. The molecule has 1 aliphatic carbocycles. The Bertz CT molecular complexity index is 381. The smallest absolute Gasteiger partial charge is 0.0892 e. The maximum absolute atomic E-state index is 6.01. The van der Waals surface area contributed by atoms with Crippen LogP contribution in [0, 0.1) is 5.92 Å². The van der Waals surface area contributed by atoms with E-state index in [0.717, 1.165) is 30.3 Å². The number of rotatable bonds is 6. The molecule has 0 amide bonds. The number of hydrogen-bond donors (Lipinski definition) is 1. The summed E-state index contributed by atoms with van der Waals surface area (Å²) >= 11 is 0. The predicted octanol–water partition coefficient (Wildman–Crippen LogP) is 4.00. The van der Waals surface area contributed by atoms with Crippen molar-refractivity contribution in [2.75, 3.05) is 11.9 Å². The Labute approximate surface area is 116 Å². The highest BCUT2D eigenvalue weighted by atomic mass is 16.5. The third-order valence-corrected chi connectivity index (χ3v) is 3.75. The normalized spacial score (nSPS) is 23.3. The summed E-state index contributed by atoms with van der Waals surface area (Å²) < 4.78 is 6.01.